The number of rotatable bonds is 4. The van der Waals surface area contributed by atoms with Crippen LogP contribution in [0.3, 0.4) is 0 Å². The van der Waals surface area contributed by atoms with E-state index in [1.165, 1.54) is 16.7 Å². The van der Waals surface area contributed by atoms with E-state index >= 15 is 0 Å². The SMILES string of the molecule is Cn1c(SCC(=O)N2CCCC2=O)nnc1[C@@H]1CCS(=O)(=O)C1. The fourth-order valence-electron chi connectivity index (χ4n) is 2.92. The summed E-state index contributed by atoms with van der Waals surface area (Å²) in [6, 6.07) is 0. The molecule has 0 radical (unpaired) electrons. The molecular formula is C13H18N4O4S2. The van der Waals surface area contributed by atoms with Crippen molar-refractivity contribution in [3.8, 4) is 0 Å². The minimum Gasteiger partial charge on any atom is -0.309 e. The van der Waals surface area contributed by atoms with Crippen LogP contribution in [0.4, 0.5) is 0 Å². The molecular weight excluding hydrogens is 340 g/mol. The van der Waals surface area contributed by atoms with Crippen LogP contribution in [-0.2, 0) is 26.5 Å². The summed E-state index contributed by atoms with van der Waals surface area (Å²) < 4.78 is 24.9. The zero-order chi connectivity index (χ0) is 16.6. The third kappa shape index (κ3) is 3.42. The monoisotopic (exact) mass is 358 g/mol. The van der Waals surface area contributed by atoms with E-state index < -0.39 is 9.84 Å². The summed E-state index contributed by atoms with van der Waals surface area (Å²) >= 11 is 1.22. The Morgan fingerprint density at radius 3 is 2.78 bits per heavy atom. The maximum Gasteiger partial charge on any atom is 0.239 e. The highest BCUT2D eigenvalue weighted by Crippen LogP contribution is 2.29. The summed E-state index contributed by atoms with van der Waals surface area (Å²) in [6.45, 7) is 0.488. The number of hydrogen-bond acceptors (Lipinski definition) is 7. The van der Waals surface area contributed by atoms with Gasteiger partial charge in [-0.3, -0.25) is 14.5 Å². The molecule has 1 atom stereocenters. The number of imide groups is 1. The maximum atomic E-state index is 12.0. The van der Waals surface area contributed by atoms with E-state index in [0.717, 1.165) is 6.42 Å². The maximum absolute atomic E-state index is 12.0. The number of amides is 2. The molecule has 23 heavy (non-hydrogen) atoms. The van der Waals surface area contributed by atoms with Gasteiger partial charge in [-0.05, 0) is 12.8 Å². The van der Waals surface area contributed by atoms with Gasteiger partial charge < -0.3 is 4.57 Å². The van der Waals surface area contributed by atoms with E-state index in [0.29, 0.717) is 30.4 Å². The molecule has 0 spiro atoms. The first-order valence-electron chi connectivity index (χ1n) is 7.43. The molecule has 1 aromatic rings. The van der Waals surface area contributed by atoms with Gasteiger partial charge in [-0.15, -0.1) is 10.2 Å². The number of hydrogen-bond donors (Lipinski definition) is 0. The van der Waals surface area contributed by atoms with Gasteiger partial charge in [0.25, 0.3) is 0 Å². The lowest BCUT2D eigenvalue weighted by atomic mass is 10.1. The van der Waals surface area contributed by atoms with Crippen LogP contribution in [0.15, 0.2) is 5.16 Å². The second-order valence-electron chi connectivity index (χ2n) is 5.83. The van der Waals surface area contributed by atoms with Gasteiger partial charge in [0.1, 0.15) is 5.82 Å². The smallest absolute Gasteiger partial charge is 0.239 e. The number of sulfone groups is 1. The molecule has 2 amide bonds. The van der Waals surface area contributed by atoms with Gasteiger partial charge in [-0.1, -0.05) is 11.8 Å². The highest BCUT2D eigenvalue weighted by Gasteiger charge is 2.33. The van der Waals surface area contributed by atoms with Gasteiger partial charge in [0.2, 0.25) is 11.8 Å². The second-order valence-corrected chi connectivity index (χ2v) is 9.00. The Bertz CT molecular complexity index is 743. The van der Waals surface area contributed by atoms with Gasteiger partial charge in [0.05, 0.1) is 17.3 Å². The van der Waals surface area contributed by atoms with Crippen LogP contribution in [-0.4, -0.2) is 63.7 Å². The van der Waals surface area contributed by atoms with Crippen molar-refractivity contribution >= 4 is 33.4 Å². The second kappa shape index (κ2) is 6.23. The molecule has 8 nitrogen and oxygen atoms in total. The summed E-state index contributed by atoms with van der Waals surface area (Å²) in [4.78, 5) is 24.9. The van der Waals surface area contributed by atoms with Crippen molar-refractivity contribution in [2.75, 3.05) is 23.8 Å². The Labute approximate surface area is 138 Å². The third-order valence-electron chi connectivity index (χ3n) is 4.17. The van der Waals surface area contributed by atoms with Crippen LogP contribution in [0.1, 0.15) is 31.0 Å². The van der Waals surface area contributed by atoms with Crippen molar-refractivity contribution in [2.24, 2.45) is 7.05 Å². The van der Waals surface area contributed by atoms with Crippen molar-refractivity contribution in [1.82, 2.24) is 19.7 Å². The number of likely N-dealkylation sites (tertiary alicyclic amines) is 1. The molecule has 0 unspecified atom stereocenters. The van der Waals surface area contributed by atoms with Crippen LogP contribution in [0.25, 0.3) is 0 Å². The van der Waals surface area contributed by atoms with E-state index in [1.54, 1.807) is 11.6 Å². The Balaban J connectivity index is 1.63. The van der Waals surface area contributed by atoms with Gasteiger partial charge in [-0.2, -0.15) is 0 Å². The normalized spacial score (nSPS) is 23.6. The molecule has 2 aliphatic rings. The molecule has 3 heterocycles. The summed E-state index contributed by atoms with van der Waals surface area (Å²) in [7, 11) is -1.21. The number of thioether (sulfide) groups is 1. The fourth-order valence-corrected chi connectivity index (χ4v) is 5.46. The van der Waals surface area contributed by atoms with Crippen molar-refractivity contribution in [1.29, 1.82) is 0 Å². The van der Waals surface area contributed by atoms with E-state index in [4.69, 9.17) is 0 Å². The van der Waals surface area contributed by atoms with Crippen LogP contribution < -0.4 is 0 Å². The minimum atomic E-state index is -2.98. The first-order chi connectivity index (χ1) is 10.9. The topological polar surface area (TPSA) is 102 Å². The quantitative estimate of drug-likeness (QED) is 0.696. The summed E-state index contributed by atoms with van der Waals surface area (Å²) in [6.07, 6.45) is 1.71. The highest BCUT2D eigenvalue weighted by molar-refractivity contribution is 7.99. The van der Waals surface area contributed by atoms with Crippen LogP contribution >= 0.6 is 11.8 Å². The number of aromatic nitrogens is 3. The van der Waals surface area contributed by atoms with E-state index in [2.05, 4.69) is 10.2 Å². The number of carbonyl (C=O) groups is 2. The van der Waals surface area contributed by atoms with Crippen LogP contribution in [0, 0.1) is 0 Å². The molecule has 2 saturated heterocycles. The zero-order valence-corrected chi connectivity index (χ0v) is 14.4. The standard InChI is InChI=1S/C13H18N4O4S2/c1-16-12(9-4-6-23(20,21)8-9)14-15-13(16)22-7-11(19)17-5-2-3-10(17)18/h9H,2-8H2,1H3/t9-/m1/s1. The average Bonchev–Trinajstić information content (AvgIpc) is 3.16. The molecule has 0 bridgehead atoms. The number of carbonyl (C=O) groups excluding carboxylic acids is 2. The molecule has 2 aliphatic heterocycles. The van der Waals surface area contributed by atoms with Crippen LogP contribution in [0.5, 0.6) is 0 Å². The molecule has 0 saturated carbocycles. The Morgan fingerprint density at radius 2 is 2.17 bits per heavy atom. The number of nitrogens with zero attached hydrogens (tertiary/aromatic N) is 4. The van der Waals surface area contributed by atoms with Gasteiger partial charge in [0, 0.05) is 25.9 Å². The Kier molecular flexibility index (Phi) is 4.45. The molecule has 0 aliphatic carbocycles. The highest BCUT2D eigenvalue weighted by atomic mass is 32.2. The molecule has 3 rings (SSSR count). The molecule has 1 aromatic heterocycles. The third-order valence-corrected chi connectivity index (χ3v) is 6.94. The predicted octanol–water partition coefficient (Wildman–Crippen LogP) is -0.0417. The van der Waals surface area contributed by atoms with Crippen molar-refractivity contribution in [2.45, 2.75) is 30.3 Å². The van der Waals surface area contributed by atoms with Crippen molar-refractivity contribution < 1.29 is 18.0 Å². The van der Waals surface area contributed by atoms with Crippen molar-refractivity contribution in [3.05, 3.63) is 5.82 Å². The molecule has 126 valence electrons. The molecule has 10 heteroatoms. The summed E-state index contributed by atoms with van der Waals surface area (Å²) in [5.74, 6) is 0.575. The van der Waals surface area contributed by atoms with E-state index in [1.807, 2.05) is 0 Å². The first-order valence-corrected chi connectivity index (χ1v) is 10.2. The largest absolute Gasteiger partial charge is 0.309 e. The minimum absolute atomic E-state index is 0.102. The fraction of sp³-hybridized carbons (Fsp3) is 0.692. The Morgan fingerprint density at radius 1 is 1.39 bits per heavy atom. The first kappa shape index (κ1) is 16.4. The lowest BCUT2D eigenvalue weighted by Crippen LogP contribution is -2.33. The summed E-state index contributed by atoms with van der Waals surface area (Å²) in [5, 5.41) is 8.70. The molecule has 0 N–H and O–H groups in total. The summed E-state index contributed by atoms with van der Waals surface area (Å²) in [5.41, 5.74) is 0. The van der Waals surface area contributed by atoms with Gasteiger partial charge >= 0.3 is 0 Å². The van der Waals surface area contributed by atoms with Crippen LogP contribution in [0.2, 0.25) is 0 Å². The molecule has 0 aromatic carbocycles. The predicted molar refractivity (Wildman–Crippen MR) is 83.7 cm³/mol. The van der Waals surface area contributed by atoms with Gasteiger partial charge in [-0.25, -0.2) is 8.42 Å². The lowest BCUT2D eigenvalue weighted by Gasteiger charge is -2.13. The zero-order valence-electron chi connectivity index (χ0n) is 12.8. The average molecular weight is 358 g/mol. The lowest BCUT2D eigenvalue weighted by molar-refractivity contribution is -0.140. The van der Waals surface area contributed by atoms with Crippen molar-refractivity contribution in [3.63, 3.8) is 0 Å². The van der Waals surface area contributed by atoms with Gasteiger partial charge in [0.15, 0.2) is 15.0 Å². The van der Waals surface area contributed by atoms with E-state index in [9.17, 15) is 18.0 Å². The van der Waals surface area contributed by atoms with E-state index in [-0.39, 0.29) is 35.0 Å². The molecule has 2 fully saturated rings. The Hall–Kier alpha value is -1.42.